The van der Waals surface area contributed by atoms with Gasteiger partial charge >= 0.3 is 0 Å². The van der Waals surface area contributed by atoms with Crippen LogP contribution in [0.1, 0.15) is 17.2 Å². The van der Waals surface area contributed by atoms with E-state index < -0.39 is 6.10 Å². The van der Waals surface area contributed by atoms with Crippen LogP contribution in [0, 0.1) is 0 Å². The Labute approximate surface area is 102 Å². The maximum Gasteiger partial charge on any atom is 0.231 e. The molecule has 86 valence electrons. The number of aliphatic hydroxyl groups excluding tert-OH is 1. The number of nitrogens with zero attached hydrogens (tertiary/aromatic N) is 1. The normalized spacial score (nSPS) is 23.3. The smallest absolute Gasteiger partial charge is 0.231 e. The van der Waals surface area contributed by atoms with Crippen molar-refractivity contribution in [2.24, 2.45) is 0 Å². The molecule has 1 N–H and O–H groups in total. The molecule has 0 saturated carbocycles. The minimum absolute atomic E-state index is 0.253. The molecule has 1 aromatic carbocycles. The SMILES string of the molecule is CN1Cc2cc3c(c(Br)c2[C@@H](O)C1)OCO3. The zero-order chi connectivity index (χ0) is 11.3. The quantitative estimate of drug-likeness (QED) is 0.787. The fourth-order valence-corrected chi connectivity index (χ4v) is 3.13. The molecule has 0 spiro atoms. The number of β-amino-alcohol motifs (C(OH)–C–C–N with tert-alkyl or cyclic N) is 1. The van der Waals surface area contributed by atoms with Crippen molar-refractivity contribution in [1.29, 1.82) is 0 Å². The summed E-state index contributed by atoms with van der Waals surface area (Å²) in [6.45, 7) is 1.72. The molecule has 0 aromatic heterocycles. The number of hydrogen-bond acceptors (Lipinski definition) is 4. The van der Waals surface area contributed by atoms with E-state index in [2.05, 4.69) is 20.8 Å². The number of halogens is 1. The molecule has 0 radical (unpaired) electrons. The highest BCUT2D eigenvalue weighted by atomic mass is 79.9. The lowest BCUT2D eigenvalue weighted by Gasteiger charge is -2.30. The van der Waals surface area contributed by atoms with E-state index in [9.17, 15) is 5.11 Å². The van der Waals surface area contributed by atoms with Gasteiger partial charge in [-0.2, -0.15) is 0 Å². The lowest BCUT2D eigenvalue weighted by molar-refractivity contribution is 0.107. The van der Waals surface area contributed by atoms with Crippen molar-refractivity contribution in [3.8, 4) is 11.5 Å². The van der Waals surface area contributed by atoms with Gasteiger partial charge in [0.05, 0.1) is 10.6 Å². The molecular weight excluding hydrogens is 274 g/mol. The van der Waals surface area contributed by atoms with Gasteiger partial charge in [-0.1, -0.05) is 0 Å². The number of benzene rings is 1. The molecular formula is C11H12BrNO3. The van der Waals surface area contributed by atoms with Crippen molar-refractivity contribution in [3.63, 3.8) is 0 Å². The van der Waals surface area contributed by atoms with Crippen LogP contribution in [0.15, 0.2) is 10.5 Å². The second-order valence-electron chi connectivity index (χ2n) is 4.21. The Morgan fingerprint density at radius 1 is 1.50 bits per heavy atom. The summed E-state index contributed by atoms with van der Waals surface area (Å²) in [6.07, 6.45) is -0.474. The van der Waals surface area contributed by atoms with Crippen LogP contribution in [-0.4, -0.2) is 30.4 Å². The molecule has 1 atom stereocenters. The van der Waals surface area contributed by atoms with Gasteiger partial charge in [0, 0.05) is 18.7 Å². The maximum absolute atomic E-state index is 10.1. The molecule has 0 bridgehead atoms. The fraction of sp³-hybridized carbons (Fsp3) is 0.455. The van der Waals surface area contributed by atoms with E-state index in [0.717, 1.165) is 27.9 Å². The van der Waals surface area contributed by atoms with Gasteiger partial charge in [0.15, 0.2) is 11.5 Å². The standard InChI is InChI=1S/C11H12BrNO3/c1-13-3-6-2-8-11(16-5-15-8)10(12)9(6)7(14)4-13/h2,7,14H,3-5H2,1H3/t7-/m0/s1. The van der Waals surface area contributed by atoms with E-state index in [1.165, 1.54) is 0 Å². The highest BCUT2D eigenvalue weighted by Crippen LogP contribution is 2.46. The zero-order valence-corrected chi connectivity index (χ0v) is 10.5. The Morgan fingerprint density at radius 3 is 3.12 bits per heavy atom. The molecule has 0 unspecified atom stereocenters. The minimum Gasteiger partial charge on any atom is -0.454 e. The molecule has 2 aliphatic heterocycles. The molecule has 4 nitrogen and oxygen atoms in total. The second kappa shape index (κ2) is 3.61. The predicted molar refractivity (Wildman–Crippen MR) is 61.6 cm³/mol. The van der Waals surface area contributed by atoms with Gasteiger partial charge < -0.3 is 14.6 Å². The Kier molecular flexibility index (Phi) is 2.34. The molecule has 0 amide bonds. The zero-order valence-electron chi connectivity index (χ0n) is 8.86. The van der Waals surface area contributed by atoms with E-state index in [1.807, 2.05) is 13.1 Å². The monoisotopic (exact) mass is 285 g/mol. The summed E-state index contributed by atoms with van der Waals surface area (Å²) >= 11 is 3.49. The summed E-state index contributed by atoms with van der Waals surface area (Å²) < 4.78 is 11.6. The van der Waals surface area contributed by atoms with E-state index in [4.69, 9.17) is 9.47 Å². The molecule has 1 aromatic rings. The Hall–Kier alpha value is -0.780. The third-order valence-electron chi connectivity index (χ3n) is 2.99. The summed E-state index contributed by atoms with van der Waals surface area (Å²) in [4.78, 5) is 2.08. The number of fused-ring (bicyclic) bond motifs is 2. The summed E-state index contributed by atoms with van der Waals surface area (Å²) in [5.74, 6) is 1.47. The van der Waals surface area contributed by atoms with Gasteiger partial charge in [-0.25, -0.2) is 0 Å². The van der Waals surface area contributed by atoms with Crippen LogP contribution in [0.2, 0.25) is 0 Å². The Balaban J connectivity index is 2.18. The first-order valence-electron chi connectivity index (χ1n) is 5.14. The first kappa shape index (κ1) is 10.4. The van der Waals surface area contributed by atoms with Gasteiger partial charge in [0.1, 0.15) is 0 Å². The lowest BCUT2D eigenvalue weighted by atomic mass is 9.97. The molecule has 16 heavy (non-hydrogen) atoms. The third kappa shape index (κ3) is 1.43. The summed E-state index contributed by atoms with van der Waals surface area (Å²) in [7, 11) is 1.99. The number of hydrogen-bond donors (Lipinski definition) is 1. The van der Waals surface area contributed by atoms with Crippen LogP contribution in [0.3, 0.4) is 0 Å². The van der Waals surface area contributed by atoms with E-state index in [-0.39, 0.29) is 6.79 Å². The van der Waals surface area contributed by atoms with Crippen molar-refractivity contribution < 1.29 is 14.6 Å². The Morgan fingerprint density at radius 2 is 2.31 bits per heavy atom. The van der Waals surface area contributed by atoms with Crippen LogP contribution in [0.5, 0.6) is 11.5 Å². The molecule has 0 saturated heterocycles. The van der Waals surface area contributed by atoms with Crippen LogP contribution in [0.4, 0.5) is 0 Å². The van der Waals surface area contributed by atoms with E-state index in [1.54, 1.807) is 0 Å². The highest BCUT2D eigenvalue weighted by molar-refractivity contribution is 9.10. The van der Waals surface area contributed by atoms with E-state index in [0.29, 0.717) is 12.3 Å². The number of aliphatic hydroxyl groups is 1. The van der Waals surface area contributed by atoms with Gasteiger partial charge in [-0.05, 0) is 34.6 Å². The van der Waals surface area contributed by atoms with Crippen LogP contribution >= 0.6 is 15.9 Å². The molecule has 3 rings (SSSR count). The van der Waals surface area contributed by atoms with Crippen molar-refractivity contribution >= 4 is 15.9 Å². The molecule has 5 heteroatoms. The van der Waals surface area contributed by atoms with Crippen LogP contribution < -0.4 is 9.47 Å². The topological polar surface area (TPSA) is 41.9 Å². The van der Waals surface area contributed by atoms with Crippen molar-refractivity contribution in [2.75, 3.05) is 20.4 Å². The molecule has 0 aliphatic carbocycles. The van der Waals surface area contributed by atoms with Gasteiger partial charge in [-0.15, -0.1) is 0 Å². The van der Waals surface area contributed by atoms with Crippen LogP contribution in [-0.2, 0) is 6.54 Å². The molecule has 2 heterocycles. The average molecular weight is 286 g/mol. The van der Waals surface area contributed by atoms with Crippen LogP contribution in [0.25, 0.3) is 0 Å². The van der Waals surface area contributed by atoms with Crippen molar-refractivity contribution in [3.05, 3.63) is 21.7 Å². The largest absolute Gasteiger partial charge is 0.454 e. The Bertz CT molecular complexity index is 449. The molecule has 0 fully saturated rings. The van der Waals surface area contributed by atoms with Gasteiger partial charge in [0.2, 0.25) is 6.79 Å². The first-order valence-corrected chi connectivity index (χ1v) is 5.93. The highest BCUT2D eigenvalue weighted by Gasteiger charge is 2.30. The van der Waals surface area contributed by atoms with Gasteiger partial charge in [-0.3, -0.25) is 4.90 Å². The third-order valence-corrected chi connectivity index (χ3v) is 3.77. The summed E-state index contributed by atoms with van der Waals surface area (Å²) in [5, 5.41) is 10.1. The predicted octanol–water partition coefficient (Wildman–Crippen LogP) is 1.66. The van der Waals surface area contributed by atoms with Gasteiger partial charge in [0.25, 0.3) is 0 Å². The number of likely N-dealkylation sites (N-methyl/N-ethyl adjacent to an activating group) is 1. The lowest BCUT2D eigenvalue weighted by Crippen LogP contribution is -2.30. The van der Waals surface area contributed by atoms with Crippen molar-refractivity contribution in [1.82, 2.24) is 4.90 Å². The average Bonchev–Trinajstić information content (AvgIpc) is 2.64. The fourth-order valence-electron chi connectivity index (χ4n) is 2.30. The van der Waals surface area contributed by atoms with E-state index >= 15 is 0 Å². The molecule has 2 aliphatic rings. The maximum atomic E-state index is 10.1. The second-order valence-corrected chi connectivity index (χ2v) is 5.00. The first-order chi connectivity index (χ1) is 7.66. The number of rotatable bonds is 0. The number of ether oxygens (including phenoxy) is 2. The summed E-state index contributed by atoms with van der Waals surface area (Å²) in [6, 6.07) is 1.96. The summed E-state index contributed by atoms with van der Waals surface area (Å²) in [5.41, 5.74) is 2.03. The van der Waals surface area contributed by atoms with Crippen molar-refractivity contribution in [2.45, 2.75) is 12.6 Å². The minimum atomic E-state index is -0.474.